The Morgan fingerprint density at radius 2 is 1.48 bits per heavy atom. The van der Waals surface area contributed by atoms with Gasteiger partial charge in [0.25, 0.3) is 5.91 Å². The van der Waals surface area contributed by atoms with Crippen molar-refractivity contribution in [1.82, 2.24) is 5.32 Å². The van der Waals surface area contributed by atoms with Crippen LogP contribution in [0.4, 0.5) is 22.0 Å². The van der Waals surface area contributed by atoms with E-state index >= 15 is 0 Å². The van der Waals surface area contributed by atoms with Crippen molar-refractivity contribution < 1.29 is 26.7 Å². The molecule has 1 aromatic carbocycles. The molecule has 1 saturated carbocycles. The number of nitrogens with one attached hydrogen (secondary N) is 1. The zero-order chi connectivity index (χ0) is 15.8. The van der Waals surface area contributed by atoms with Crippen LogP contribution in [0.3, 0.4) is 0 Å². The lowest BCUT2D eigenvalue weighted by Gasteiger charge is -2.15. The van der Waals surface area contributed by atoms with E-state index in [1.54, 1.807) is 0 Å². The zero-order valence-electron chi connectivity index (χ0n) is 10.9. The summed E-state index contributed by atoms with van der Waals surface area (Å²) >= 11 is 0. The van der Waals surface area contributed by atoms with Crippen LogP contribution >= 0.6 is 0 Å². The van der Waals surface area contributed by atoms with Crippen LogP contribution in [0.15, 0.2) is 0 Å². The Bertz CT molecular complexity index is 557. The summed E-state index contributed by atoms with van der Waals surface area (Å²) in [7, 11) is 0. The third-order valence-corrected chi connectivity index (χ3v) is 3.69. The molecule has 0 aliphatic heterocycles. The molecule has 1 amide bonds. The second kappa shape index (κ2) is 5.59. The van der Waals surface area contributed by atoms with Crippen molar-refractivity contribution in [3.63, 3.8) is 0 Å². The smallest absolute Gasteiger partial charge is 0.257 e. The van der Waals surface area contributed by atoms with Crippen LogP contribution in [0.5, 0.6) is 0 Å². The molecule has 0 aromatic heterocycles. The van der Waals surface area contributed by atoms with Gasteiger partial charge >= 0.3 is 0 Å². The third-order valence-electron chi connectivity index (χ3n) is 3.69. The minimum atomic E-state index is -2.29. The van der Waals surface area contributed by atoms with E-state index in [2.05, 4.69) is 5.32 Å². The van der Waals surface area contributed by atoms with Gasteiger partial charge < -0.3 is 11.1 Å². The van der Waals surface area contributed by atoms with Crippen molar-refractivity contribution in [3.8, 4) is 0 Å². The Morgan fingerprint density at radius 1 is 1.00 bits per heavy atom. The number of carbonyl (C=O) groups excluding carboxylic acids is 1. The Kier molecular flexibility index (Phi) is 4.18. The number of amides is 1. The second-order valence-corrected chi connectivity index (χ2v) is 5.17. The van der Waals surface area contributed by atoms with E-state index in [9.17, 15) is 26.7 Å². The number of halogens is 5. The average Bonchev–Trinajstić information content (AvgIpc) is 3.22. The van der Waals surface area contributed by atoms with Gasteiger partial charge in [-0.15, -0.1) is 0 Å². The van der Waals surface area contributed by atoms with Gasteiger partial charge in [-0.1, -0.05) is 0 Å². The van der Waals surface area contributed by atoms with Gasteiger partial charge in [-0.2, -0.15) is 0 Å². The van der Waals surface area contributed by atoms with E-state index in [4.69, 9.17) is 5.73 Å². The zero-order valence-corrected chi connectivity index (χ0v) is 10.9. The molecular weight excluding hydrogens is 295 g/mol. The molecule has 1 aliphatic carbocycles. The summed E-state index contributed by atoms with van der Waals surface area (Å²) in [6.45, 7) is 0.473. The second-order valence-electron chi connectivity index (χ2n) is 5.17. The summed E-state index contributed by atoms with van der Waals surface area (Å²) < 4.78 is 65.8. The van der Waals surface area contributed by atoms with Crippen molar-refractivity contribution in [2.75, 3.05) is 13.1 Å². The third kappa shape index (κ3) is 2.85. The van der Waals surface area contributed by atoms with Gasteiger partial charge in [0, 0.05) is 6.54 Å². The molecule has 1 fully saturated rings. The van der Waals surface area contributed by atoms with Crippen LogP contribution in [-0.2, 0) is 0 Å². The summed E-state index contributed by atoms with van der Waals surface area (Å²) in [6, 6.07) is 0. The topological polar surface area (TPSA) is 55.1 Å². The van der Waals surface area contributed by atoms with Gasteiger partial charge in [-0.3, -0.25) is 4.79 Å². The minimum absolute atomic E-state index is 0.0858. The Morgan fingerprint density at radius 3 is 1.90 bits per heavy atom. The summed E-state index contributed by atoms with van der Waals surface area (Å²) in [6.07, 6.45) is 2.20. The average molecular weight is 308 g/mol. The fourth-order valence-electron chi connectivity index (χ4n) is 2.16. The number of nitrogens with two attached hydrogens (primary N) is 1. The summed E-state index contributed by atoms with van der Waals surface area (Å²) in [5.74, 6) is -12.2. The first-order chi connectivity index (χ1) is 9.83. The highest BCUT2D eigenvalue weighted by Crippen LogP contribution is 2.47. The summed E-state index contributed by atoms with van der Waals surface area (Å²) in [5, 5.41) is 2.21. The highest BCUT2D eigenvalue weighted by molar-refractivity contribution is 5.94. The van der Waals surface area contributed by atoms with E-state index in [-0.39, 0.29) is 12.0 Å². The fraction of sp³-hybridized carbons (Fsp3) is 0.462. The Hall–Kier alpha value is -1.70. The lowest BCUT2D eigenvalue weighted by molar-refractivity contribution is 0.0932. The van der Waals surface area contributed by atoms with Crippen LogP contribution in [0.1, 0.15) is 29.6 Å². The van der Waals surface area contributed by atoms with Gasteiger partial charge in [-0.25, -0.2) is 22.0 Å². The van der Waals surface area contributed by atoms with Crippen LogP contribution in [0.25, 0.3) is 0 Å². The first-order valence-corrected chi connectivity index (χ1v) is 6.33. The molecule has 8 heteroatoms. The molecule has 116 valence electrons. The van der Waals surface area contributed by atoms with Crippen molar-refractivity contribution in [2.24, 2.45) is 11.1 Å². The molecule has 0 unspecified atom stereocenters. The molecule has 1 aliphatic rings. The number of hydrogen-bond donors (Lipinski definition) is 2. The molecule has 0 heterocycles. The van der Waals surface area contributed by atoms with Crippen LogP contribution in [0.2, 0.25) is 0 Å². The van der Waals surface area contributed by atoms with Crippen LogP contribution in [0, 0.1) is 34.5 Å². The van der Waals surface area contributed by atoms with E-state index in [1.165, 1.54) is 0 Å². The maximum atomic E-state index is 13.4. The molecule has 0 spiro atoms. The SMILES string of the molecule is NCCC1(CNC(=O)c2c(F)c(F)c(F)c(F)c2F)CC1. The van der Waals surface area contributed by atoms with Gasteiger partial charge in [-0.05, 0) is 31.2 Å². The van der Waals surface area contributed by atoms with Gasteiger partial charge in [0.2, 0.25) is 5.82 Å². The molecule has 1 aromatic rings. The van der Waals surface area contributed by atoms with Gasteiger partial charge in [0.1, 0.15) is 5.56 Å². The maximum Gasteiger partial charge on any atom is 0.257 e. The molecule has 21 heavy (non-hydrogen) atoms. The molecule has 0 atom stereocenters. The van der Waals surface area contributed by atoms with Gasteiger partial charge in [0.15, 0.2) is 23.3 Å². The molecule has 2 rings (SSSR count). The lowest BCUT2D eigenvalue weighted by Crippen LogP contribution is -2.33. The van der Waals surface area contributed by atoms with E-state index in [0.29, 0.717) is 13.0 Å². The number of rotatable bonds is 5. The standard InChI is InChI=1S/C13H13F5N2O/c14-7-6(8(15)10(17)11(18)9(7)16)12(21)20-5-13(1-2-13)3-4-19/h1-5,19H2,(H,20,21). The quantitative estimate of drug-likeness (QED) is 0.498. The minimum Gasteiger partial charge on any atom is -0.351 e. The van der Waals surface area contributed by atoms with Crippen molar-refractivity contribution in [3.05, 3.63) is 34.6 Å². The molecule has 0 saturated heterocycles. The Balaban J connectivity index is 2.20. The number of benzene rings is 1. The van der Waals surface area contributed by atoms with Crippen LogP contribution < -0.4 is 11.1 Å². The van der Waals surface area contributed by atoms with Crippen molar-refractivity contribution in [1.29, 1.82) is 0 Å². The highest BCUT2D eigenvalue weighted by Gasteiger charge is 2.42. The molecular formula is C13H13F5N2O. The number of carbonyl (C=O) groups is 1. The predicted octanol–water partition coefficient (Wildman–Crippen LogP) is 2.24. The first kappa shape index (κ1) is 15.7. The van der Waals surface area contributed by atoms with E-state index in [0.717, 1.165) is 12.8 Å². The molecule has 3 N–H and O–H groups in total. The van der Waals surface area contributed by atoms with Crippen LogP contribution in [-0.4, -0.2) is 19.0 Å². The Labute approximate surface area is 117 Å². The van der Waals surface area contributed by atoms with Gasteiger partial charge in [0.05, 0.1) is 0 Å². The summed E-state index contributed by atoms with van der Waals surface area (Å²) in [4.78, 5) is 11.7. The lowest BCUT2D eigenvalue weighted by atomic mass is 10.0. The van der Waals surface area contributed by atoms with Crippen molar-refractivity contribution in [2.45, 2.75) is 19.3 Å². The number of hydrogen-bond acceptors (Lipinski definition) is 2. The molecule has 0 bridgehead atoms. The largest absolute Gasteiger partial charge is 0.351 e. The normalized spacial score (nSPS) is 15.9. The van der Waals surface area contributed by atoms with E-state index in [1.807, 2.05) is 0 Å². The van der Waals surface area contributed by atoms with Crippen molar-refractivity contribution >= 4 is 5.91 Å². The summed E-state index contributed by atoms with van der Waals surface area (Å²) in [5.41, 5.74) is 3.71. The maximum absolute atomic E-state index is 13.4. The highest BCUT2D eigenvalue weighted by atomic mass is 19.2. The fourth-order valence-corrected chi connectivity index (χ4v) is 2.16. The monoisotopic (exact) mass is 308 g/mol. The first-order valence-electron chi connectivity index (χ1n) is 6.33. The van der Waals surface area contributed by atoms with E-state index < -0.39 is 40.6 Å². The molecule has 0 radical (unpaired) electrons. The molecule has 3 nitrogen and oxygen atoms in total. The predicted molar refractivity (Wildman–Crippen MR) is 63.9 cm³/mol.